The summed E-state index contributed by atoms with van der Waals surface area (Å²) in [7, 11) is 0. The molecule has 9 nitrogen and oxygen atoms in total. The van der Waals surface area contributed by atoms with Crippen LogP contribution in [-0.4, -0.2) is 75.3 Å². The first-order valence-electron chi connectivity index (χ1n) is 12.8. The number of hydrogen-bond donors (Lipinski definition) is 1. The number of fused-ring (bicyclic) bond motifs is 1. The Balaban J connectivity index is 1.23. The van der Waals surface area contributed by atoms with Gasteiger partial charge in [-0.2, -0.15) is 13.2 Å². The molecular weight excluding hydrogens is 485 g/mol. The standard InChI is InChI=1S/C25H29F3N8O/c26-25(27,28)20-14-18(2-5-29-20)19-15-36(12-11-34-7-1-8-34)23(33-19)17-3-9-35(10-4-17)24-21-22(31-16-32-24)30-6-13-37-21/h2,5,14-17H,1,3-4,6-13H2,(H,30,31,32). The first-order chi connectivity index (χ1) is 18.0. The highest BCUT2D eigenvalue weighted by atomic mass is 19.4. The number of nitrogens with zero attached hydrogens (tertiary/aromatic N) is 7. The highest BCUT2D eigenvalue weighted by molar-refractivity contribution is 5.66. The van der Waals surface area contributed by atoms with Crippen LogP contribution in [0.25, 0.3) is 11.3 Å². The van der Waals surface area contributed by atoms with Crippen molar-refractivity contribution in [3.05, 3.63) is 42.4 Å². The number of anilines is 2. The minimum absolute atomic E-state index is 0.196. The van der Waals surface area contributed by atoms with Crippen LogP contribution in [0.1, 0.15) is 36.7 Å². The van der Waals surface area contributed by atoms with Gasteiger partial charge in [0.15, 0.2) is 11.6 Å². The Morgan fingerprint density at radius 3 is 2.65 bits per heavy atom. The molecule has 3 aliphatic rings. The molecule has 196 valence electrons. The summed E-state index contributed by atoms with van der Waals surface area (Å²) in [5, 5.41) is 3.25. The van der Waals surface area contributed by atoms with Crippen LogP contribution in [0.15, 0.2) is 30.9 Å². The Labute approximate surface area is 212 Å². The van der Waals surface area contributed by atoms with Crippen molar-refractivity contribution < 1.29 is 17.9 Å². The molecule has 0 aromatic carbocycles. The zero-order valence-corrected chi connectivity index (χ0v) is 20.4. The molecule has 37 heavy (non-hydrogen) atoms. The molecule has 0 unspecified atom stereocenters. The summed E-state index contributed by atoms with van der Waals surface area (Å²) in [6.45, 7) is 6.70. The lowest BCUT2D eigenvalue weighted by Crippen LogP contribution is -2.39. The van der Waals surface area contributed by atoms with Crippen molar-refractivity contribution in [2.24, 2.45) is 0 Å². The van der Waals surface area contributed by atoms with E-state index in [4.69, 9.17) is 9.72 Å². The molecule has 6 heterocycles. The maximum atomic E-state index is 13.3. The Hall–Kier alpha value is -3.41. The topological polar surface area (TPSA) is 84.2 Å². The van der Waals surface area contributed by atoms with E-state index < -0.39 is 11.9 Å². The lowest BCUT2D eigenvalue weighted by Gasteiger charge is -2.34. The molecule has 0 saturated carbocycles. The zero-order valence-electron chi connectivity index (χ0n) is 20.4. The second-order valence-electron chi connectivity index (χ2n) is 9.71. The van der Waals surface area contributed by atoms with E-state index in [0.29, 0.717) is 23.6 Å². The summed E-state index contributed by atoms with van der Waals surface area (Å²) in [4.78, 5) is 21.8. The van der Waals surface area contributed by atoms with E-state index in [1.807, 2.05) is 6.20 Å². The molecular formula is C25H29F3N8O. The maximum Gasteiger partial charge on any atom is 0.433 e. The Bertz CT molecular complexity index is 1250. The molecule has 0 atom stereocenters. The Morgan fingerprint density at radius 1 is 1.05 bits per heavy atom. The summed E-state index contributed by atoms with van der Waals surface area (Å²) in [6, 6.07) is 2.68. The molecule has 3 aliphatic heterocycles. The quantitative estimate of drug-likeness (QED) is 0.534. The lowest BCUT2D eigenvalue weighted by molar-refractivity contribution is -0.141. The second kappa shape index (κ2) is 9.81. The van der Waals surface area contributed by atoms with E-state index >= 15 is 0 Å². The fraction of sp³-hybridized carbons (Fsp3) is 0.520. The highest BCUT2D eigenvalue weighted by Gasteiger charge is 2.33. The van der Waals surface area contributed by atoms with E-state index in [1.165, 1.54) is 12.6 Å². The van der Waals surface area contributed by atoms with E-state index in [2.05, 4.69) is 34.6 Å². The predicted molar refractivity (Wildman–Crippen MR) is 132 cm³/mol. The molecule has 1 N–H and O–H groups in total. The number of nitrogens with one attached hydrogen (secondary N) is 1. The van der Waals surface area contributed by atoms with Gasteiger partial charge < -0.3 is 24.4 Å². The van der Waals surface area contributed by atoms with Crippen LogP contribution in [0.3, 0.4) is 0 Å². The lowest BCUT2D eigenvalue weighted by atomic mass is 9.95. The number of ether oxygens (including phenoxy) is 1. The van der Waals surface area contributed by atoms with Crippen LogP contribution in [0.4, 0.5) is 24.8 Å². The van der Waals surface area contributed by atoms with Gasteiger partial charge in [0.1, 0.15) is 24.5 Å². The van der Waals surface area contributed by atoms with Crippen molar-refractivity contribution in [3.63, 3.8) is 0 Å². The number of halogens is 3. The third-order valence-electron chi connectivity index (χ3n) is 7.34. The fourth-order valence-electron chi connectivity index (χ4n) is 5.19. The average molecular weight is 515 g/mol. The molecule has 0 bridgehead atoms. The number of piperidine rings is 1. The number of likely N-dealkylation sites (tertiary alicyclic amines) is 1. The van der Waals surface area contributed by atoms with Gasteiger partial charge >= 0.3 is 6.18 Å². The number of alkyl halides is 3. The number of imidazole rings is 1. The normalized spacial score (nSPS) is 18.6. The predicted octanol–water partition coefficient (Wildman–Crippen LogP) is 3.65. The number of rotatable bonds is 6. The van der Waals surface area contributed by atoms with Crippen LogP contribution in [0.5, 0.6) is 5.75 Å². The monoisotopic (exact) mass is 514 g/mol. The van der Waals surface area contributed by atoms with Gasteiger partial charge in [-0.25, -0.2) is 15.0 Å². The largest absolute Gasteiger partial charge is 0.485 e. The third-order valence-corrected chi connectivity index (χ3v) is 7.34. The Morgan fingerprint density at radius 2 is 1.89 bits per heavy atom. The van der Waals surface area contributed by atoms with E-state index in [1.54, 1.807) is 12.4 Å². The van der Waals surface area contributed by atoms with Gasteiger partial charge in [-0.3, -0.25) is 4.98 Å². The summed E-state index contributed by atoms with van der Waals surface area (Å²) in [5.41, 5.74) is 0.0825. The van der Waals surface area contributed by atoms with E-state index in [-0.39, 0.29) is 5.92 Å². The molecule has 2 fully saturated rings. The van der Waals surface area contributed by atoms with Crippen LogP contribution >= 0.6 is 0 Å². The SMILES string of the molecule is FC(F)(F)c1cc(-c2cn(CCN3CCC3)c(C3CCN(c4ncnc5c4OCCN5)CC3)n2)ccn1. The number of aromatic nitrogens is 5. The van der Waals surface area contributed by atoms with Gasteiger partial charge in [-0.15, -0.1) is 0 Å². The van der Waals surface area contributed by atoms with Gasteiger partial charge in [0, 0.05) is 50.1 Å². The fourth-order valence-corrected chi connectivity index (χ4v) is 5.19. The molecule has 2 saturated heterocycles. The maximum absolute atomic E-state index is 13.3. The molecule has 3 aromatic heterocycles. The van der Waals surface area contributed by atoms with Crippen molar-refractivity contribution in [2.75, 3.05) is 56.1 Å². The molecule has 0 radical (unpaired) electrons. The highest BCUT2D eigenvalue weighted by Crippen LogP contribution is 2.38. The van der Waals surface area contributed by atoms with Crippen LogP contribution in [-0.2, 0) is 12.7 Å². The third kappa shape index (κ3) is 4.94. The number of pyridine rings is 1. The summed E-state index contributed by atoms with van der Waals surface area (Å²) >= 11 is 0. The van der Waals surface area contributed by atoms with Gasteiger partial charge in [0.2, 0.25) is 5.75 Å². The van der Waals surface area contributed by atoms with Crippen LogP contribution in [0, 0.1) is 0 Å². The molecule has 0 spiro atoms. The van der Waals surface area contributed by atoms with Gasteiger partial charge in [-0.05, 0) is 44.5 Å². The minimum atomic E-state index is -4.49. The summed E-state index contributed by atoms with van der Waals surface area (Å²) < 4.78 is 47.8. The van der Waals surface area contributed by atoms with Crippen molar-refractivity contribution >= 4 is 11.6 Å². The summed E-state index contributed by atoms with van der Waals surface area (Å²) in [6.07, 6.45) is 3.09. The van der Waals surface area contributed by atoms with E-state index in [9.17, 15) is 13.2 Å². The molecule has 0 aliphatic carbocycles. The average Bonchev–Trinajstić information content (AvgIpc) is 3.31. The van der Waals surface area contributed by atoms with Crippen molar-refractivity contribution in [2.45, 2.75) is 37.9 Å². The molecule has 3 aromatic rings. The van der Waals surface area contributed by atoms with Gasteiger partial charge in [0.25, 0.3) is 0 Å². The van der Waals surface area contributed by atoms with Gasteiger partial charge in [-0.1, -0.05) is 0 Å². The van der Waals surface area contributed by atoms with Crippen molar-refractivity contribution in [3.8, 4) is 17.0 Å². The first-order valence-corrected chi connectivity index (χ1v) is 12.8. The second-order valence-corrected chi connectivity index (χ2v) is 9.71. The molecule has 12 heteroatoms. The molecule has 6 rings (SSSR count). The van der Waals surface area contributed by atoms with Crippen LogP contribution < -0.4 is 15.0 Å². The Kier molecular flexibility index (Phi) is 6.35. The van der Waals surface area contributed by atoms with Crippen molar-refractivity contribution in [1.82, 2.24) is 29.4 Å². The van der Waals surface area contributed by atoms with E-state index in [0.717, 1.165) is 82.2 Å². The first kappa shape index (κ1) is 24.0. The molecule has 0 amide bonds. The number of hydrogen-bond acceptors (Lipinski definition) is 8. The van der Waals surface area contributed by atoms with Crippen molar-refractivity contribution in [1.29, 1.82) is 0 Å². The van der Waals surface area contributed by atoms with Gasteiger partial charge in [0.05, 0.1) is 12.2 Å². The summed E-state index contributed by atoms with van der Waals surface area (Å²) in [5.74, 6) is 3.35. The van der Waals surface area contributed by atoms with Crippen LogP contribution in [0.2, 0.25) is 0 Å². The minimum Gasteiger partial charge on any atom is -0.485 e. The zero-order chi connectivity index (χ0) is 25.4. The smallest absolute Gasteiger partial charge is 0.433 e.